The van der Waals surface area contributed by atoms with Crippen LogP contribution in [-0.2, 0) is 11.3 Å². The van der Waals surface area contributed by atoms with Crippen LogP contribution in [0.3, 0.4) is 0 Å². The number of aromatic nitrogens is 2. The van der Waals surface area contributed by atoms with Crippen molar-refractivity contribution in [3.63, 3.8) is 0 Å². The van der Waals surface area contributed by atoms with E-state index in [4.69, 9.17) is 27.7 Å². The molecular weight excluding hydrogens is 423 g/mol. The zero-order valence-corrected chi connectivity index (χ0v) is 18.1. The van der Waals surface area contributed by atoms with E-state index in [9.17, 15) is 4.79 Å². The summed E-state index contributed by atoms with van der Waals surface area (Å²) in [5.74, 6) is 1.12. The summed E-state index contributed by atoms with van der Waals surface area (Å²) in [6.07, 6.45) is 1.53. The fraction of sp³-hybridized carbons (Fsp3) is 0.318. The molecule has 2 aromatic carbocycles. The maximum absolute atomic E-state index is 12.6. The quantitative estimate of drug-likeness (QED) is 0.585. The summed E-state index contributed by atoms with van der Waals surface area (Å²) in [7, 11) is 0. The fourth-order valence-corrected chi connectivity index (χ4v) is 4.08. The molecule has 4 rings (SSSR count). The van der Waals surface area contributed by atoms with Gasteiger partial charge in [0.25, 0.3) is 0 Å². The summed E-state index contributed by atoms with van der Waals surface area (Å²) in [6, 6.07) is 13.1. The first-order valence-electron chi connectivity index (χ1n) is 9.85. The molecule has 1 saturated heterocycles. The minimum atomic E-state index is -0.0511. The van der Waals surface area contributed by atoms with Crippen LogP contribution in [0.5, 0.6) is 0 Å². The first-order valence-corrected chi connectivity index (χ1v) is 10.6. The first kappa shape index (κ1) is 20.8. The Morgan fingerprint density at radius 3 is 2.47 bits per heavy atom. The summed E-state index contributed by atoms with van der Waals surface area (Å²) in [4.78, 5) is 19.3. The van der Waals surface area contributed by atoms with Crippen molar-refractivity contribution in [2.45, 2.75) is 26.3 Å². The highest BCUT2D eigenvalue weighted by Crippen LogP contribution is 2.25. The van der Waals surface area contributed by atoms with E-state index in [1.165, 1.54) is 5.56 Å². The normalized spacial score (nSPS) is 15.3. The largest absolute Gasteiger partial charge is 0.338 e. The van der Waals surface area contributed by atoms with E-state index >= 15 is 0 Å². The van der Waals surface area contributed by atoms with Crippen LogP contribution >= 0.6 is 23.2 Å². The molecule has 6 nitrogen and oxygen atoms in total. The molecule has 2 heterocycles. The SMILES string of the molecule is Cc1ccc(-c2noc(CN3CCC(C(=O)Nc4cc(Cl)cc(Cl)c4)CC3)n2)cc1. The number of hydrogen-bond acceptors (Lipinski definition) is 5. The molecule has 8 heteroatoms. The molecule has 1 aliphatic rings. The Morgan fingerprint density at radius 2 is 1.80 bits per heavy atom. The van der Waals surface area contributed by atoms with Gasteiger partial charge in [0, 0.05) is 27.2 Å². The van der Waals surface area contributed by atoms with Crippen LogP contribution in [0.1, 0.15) is 24.3 Å². The predicted octanol–water partition coefficient (Wildman–Crippen LogP) is 5.20. The van der Waals surface area contributed by atoms with Crippen LogP contribution in [0.15, 0.2) is 47.0 Å². The van der Waals surface area contributed by atoms with Crippen molar-refractivity contribution < 1.29 is 9.32 Å². The van der Waals surface area contributed by atoms with Crippen molar-refractivity contribution in [3.8, 4) is 11.4 Å². The van der Waals surface area contributed by atoms with Gasteiger partial charge in [-0.15, -0.1) is 0 Å². The van der Waals surface area contributed by atoms with Crippen molar-refractivity contribution >= 4 is 34.8 Å². The third-order valence-corrected chi connectivity index (χ3v) is 5.66. The Hall–Kier alpha value is -2.41. The summed E-state index contributed by atoms with van der Waals surface area (Å²) in [5.41, 5.74) is 2.74. The van der Waals surface area contributed by atoms with E-state index in [1.807, 2.05) is 31.2 Å². The number of hydrogen-bond donors (Lipinski definition) is 1. The number of nitrogens with one attached hydrogen (secondary N) is 1. The smallest absolute Gasteiger partial charge is 0.241 e. The average molecular weight is 445 g/mol. The van der Waals surface area contributed by atoms with Crippen molar-refractivity contribution in [2.24, 2.45) is 5.92 Å². The highest BCUT2D eigenvalue weighted by Gasteiger charge is 2.26. The molecule has 1 N–H and O–H groups in total. The molecule has 1 aromatic heterocycles. The van der Waals surface area contributed by atoms with Gasteiger partial charge >= 0.3 is 0 Å². The molecule has 0 saturated carbocycles. The molecule has 3 aromatic rings. The van der Waals surface area contributed by atoms with E-state index < -0.39 is 0 Å². The number of carbonyl (C=O) groups is 1. The molecule has 156 valence electrons. The third kappa shape index (κ3) is 5.19. The lowest BCUT2D eigenvalue weighted by Gasteiger charge is -2.30. The van der Waals surface area contributed by atoms with Gasteiger partial charge in [0.15, 0.2) is 0 Å². The Kier molecular flexibility index (Phi) is 6.37. The van der Waals surface area contributed by atoms with Crippen molar-refractivity contribution in [1.82, 2.24) is 15.0 Å². The Balaban J connectivity index is 1.29. The fourth-order valence-electron chi connectivity index (χ4n) is 3.55. The average Bonchev–Trinajstić information content (AvgIpc) is 3.16. The predicted molar refractivity (Wildman–Crippen MR) is 118 cm³/mol. The Bertz CT molecular complexity index is 1010. The maximum atomic E-state index is 12.6. The standard InChI is InChI=1S/C22H22Cl2N4O2/c1-14-2-4-15(5-3-14)21-26-20(30-27-21)13-28-8-6-16(7-9-28)22(29)25-19-11-17(23)10-18(24)12-19/h2-5,10-12,16H,6-9,13H2,1H3,(H,25,29). The lowest BCUT2D eigenvalue weighted by Crippen LogP contribution is -2.37. The van der Waals surface area contributed by atoms with Crippen molar-refractivity contribution in [1.29, 1.82) is 0 Å². The molecule has 1 aliphatic heterocycles. The number of amides is 1. The van der Waals surface area contributed by atoms with Crippen molar-refractivity contribution in [2.75, 3.05) is 18.4 Å². The molecule has 0 bridgehead atoms. The Morgan fingerprint density at radius 1 is 1.13 bits per heavy atom. The zero-order chi connectivity index (χ0) is 21.1. The number of piperidine rings is 1. The summed E-state index contributed by atoms with van der Waals surface area (Å²) >= 11 is 12.0. The highest BCUT2D eigenvalue weighted by atomic mass is 35.5. The Labute approximate surface area is 185 Å². The zero-order valence-electron chi connectivity index (χ0n) is 16.6. The summed E-state index contributed by atoms with van der Waals surface area (Å²) in [5, 5.41) is 8.00. The number of aryl methyl sites for hydroxylation is 1. The lowest BCUT2D eigenvalue weighted by molar-refractivity contribution is -0.121. The number of nitrogens with zero attached hydrogens (tertiary/aromatic N) is 3. The molecule has 1 amide bonds. The molecular formula is C22H22Cl2N4O2. The van der Waals surface area contributed by atoms with Crippen LogP contribution in [0.25, 0.3) is 11.4 Å². The number of carbonyl (C=O) groups excluding carboxylic acids is 1. The molecule has 0 radical (unpaired) electrons. The van der Waals surface area contributed by atoms with Gasteiger partial charge in [0.1, 0.15) is 0 Å². The molecule has 30 heavy (non-hydrogen) atoms. The maximum Gasteiger partial charge on any atom is 0.241 e. The van der Waals surface area contributed by atoms with Gasteiger partial charge in [-0.25, -0.2) is 0 Å². The number of anilines is 1. The van der Waals surface area contributed by atoms with E-state index in [1.54, 1.807) is 18.2 Å². The number of halogens is 2. The van der Waals surface area contributed by atoms with Crippen LogP contribution in [0.4, 0.5) is 5.69 Å². The molecule has 1 fully saturated rings. The van der Waals surface area contributed by atoms with Gasteiger partial charge < -0.3 is 9.84 Å². The van der Waals surface area contributed by atoms with E-state index in [0.717, 1.165) is 31.5 Å². The van der Waals surface area contributed by atoms with Crippen LogP contribution in [0.2, 0.25) is 10.0 Å². The number of benzene rings is 2. The topological polar surface area (TPSA) is 71.3 Å². The highest BCUT2D eigenvalue weighted by molar-refractivity contribution is 6.35. The lowest BCUT2D eigenvalue weighted by atomic mass is 9.96. The monoisotopic (exact) mass is 444 g/mol. The molecule has 0 aliphatic carbocycles. The molecule has 0 spiro atoms. The second-order valence-corrected chi connectivity index (χ2v) is 8.45. The minimum absolute atomic E-state index is 0.00701. The van der Waals surface area contributed by atoms with E-state index in [2.05, 4.69) is 20.4 Å². The minimum Gasteiger partial charge on any atom is -0.338 e. The summed E-state index contributed by atoms with van der Waals surface area (Å²) in [6.45, 7) is 4.20. The molecule has 0 atom stereocenters. The van der Waals surface area contributed by atoms with Gasteiger partial charge in [-0.05, 0) is 51.1 Å². The second-order valence-electron chi connectivity index (χ2n) is 7.58. The summed E-state index contributed by atoms with van der Waals surface area (Å²) < 4.78 is 5.42. The van der Waals surface area contributed by atoms with Crippen molar-refractivity contribution in [3.05, 3.63) is 64.0 Å². The van der Waals surface area contributed by atoms with Gasteiger partial charge in [0.2, 0.25) is 17.6 Å². The van der Waals surface area contributed by atoms with Crippen LogP contribution < -0.4 is 5.32 Å². The van der Waals surface area contributed by atoms with Gasteiger partial charge in [-0.1, -0.05) is 58.2 Å². The van der Waals surface area contributed by atoms with Crippen LogP contribution in [-0.4, -0.2) is 34.0 Å². The second kappa shape index (κ2) is 9.16. The van der Waals surface area contributed by atoms with Gasteiger partial charge in [0.05, 0.1) is 6.54 Å². The third-order valence-electron chi connectivity index (χ3n) is 5.23. The van der Waals surface area contributed by atoms with Gasteiger partial charge in [-0.3, -0.25) is 9.69 Å². The number of likely N-dealkylation sites (tertiary alicyclic amines) is 1. The van der Waals surface area contributed by atoms with E-state index in [0.29, 0.717) is 34.0 Å². The van der Waals surface area contributed by atoms with Crippen LogP contribution in [0, 0.1) is 12.8 Å². The van der Waals surface area contributed by atoms with Gasteiger partial charge in [-0.2, -0.15) is 4.98 Å². The molecule has 0 unspecified atom stereocenters. The number of rotatable bonds is 5. The first-order chi connectivity index (χ1) is 14.5. The van der Waals surface area contributed by atoms with E-state index in [-0.39, 0.29) is 11.8 Å².